The van der Waals surface area contributed by atoms with E-state index in [0.717, 1.165) is 16.8 Å². The molecule has 0 aliphatic heterocycles. The molecule has 5 nitrogen and oxygen atoms in total. The quantitative estimate of drug-likeness (QED) is 0.880. The number of nitrogens with zero attached hydrogens (tertiary/aromatic N) is 2. The Hall–Kier alpha value is -2.43. The summed E-state index contributed by atoms with van der Waals surface area (Å²) in [6, 6.07) is 3.43. The third-order valence-electron chi connectivity index (χ3n) is 2.92. The van der Waals surface area contributed by atoms with E-state index in [-0.39, 0.29) is 0 Å². The van der Waals surface area contributed by atoms with Crippen molar-refractivity contribution in [1.29, 1.82) is 0 Å². The van der Waals surface area contributed by atoms with Crippen LogP contribution < -0.4 is 5.32 Å². The van der Waals surface area contributed by atoms with Crippen LogP contribution in [0.25, 0.3) is 0 Å². The third kappa shape index (κ3) is 2.70. The molecule has 1 heterocycles. The number of carbonyl (C=O) groups is 1. The standard InChI is InChI=1S/C14H15N3O2/c1-3-10-11(14(18)19)5-4-9(2)13(10)17-12-8-15-6-7-16-12/h4-8H,3H2,1-2H3,(H,16,17)(H,18,19). The minimum absolute atomic E-state index is 0.319. The number of carboxylic acid groups (broad SMARTS) is 1. The molecule has 0 unspecified atom stereocenters. The van der Waals surface area contributed by atoms with Crippen LogP contribution in [0.2, 0.25) is 0 Å². The van der Waals surface area contributed by atoms with Gasteiger partial charge in [-0.2, -0.15) is 0 Å². The van der Waals surface area contributed by atoms with Crippen molar-refractivity contribution < 1.29 is 9.90 Å². The maximum Gasteiger partial charge on any atom is 0.336 e. The Morgan fingerprint density at radius 2 is 2.16 bits per heavy atom. The number of nitrogens with one attached hydrogen (secondary N) is 1. The Balaban J connectivity index is 2.49. The molecule has 5 heteroatoms. The second kappa shape index (κ2) is 5.48. The summed E-state index contributed by atoms with van der Waals surface area (Å²) in [6.07, 6.45) is 5.41. The van der Waals surface area contributed by atoms with E-state index in [1.54, 1.807) is 30.7 Å². The molecule has 2 N–H and O–H groups in total. The van der Waals surface area contributed by atoms with Gasteiger partial charge in [0.1, 0.15) is 5.82 Å². The molecule has 0 aliphatic rings. The van der Waals surface area contributed by atoms with E-state index in [0.29, 0.717) is 17.8 Å². The lowest BCUT2D eigenvalue weighted by atomic mass is 9.99. The van der Waals surface area contributed by atoms with E-state index in [2.05, 4.69) is 15.3 Å². The monoisotopic (exact) mass is 257 g/mol. The van der Waals surface area contributed by atoms with E-state index in [1.807, 2.05) is 13.8 Å². The van der Waals surface area contributed by atoms with Gasteiger partial charge < -0.3 is 10.4 Å². The van der Waals surface area contributed by atoms with Crippen molar-refractivity contribution in [2.75, 3.05) is 5.32 Å². The minimum Gasteiger partial charge on any atom is -0.478 e. The number of carboxylic acids is 1. The van der Waals surface area contributed by atoms with E-state index in [4.69, 9.17) is 0 Å². The van der Waals surface area contributed by atoms with Crippen molar-refractivity contribution >= 4 is 17.5 Å². The van der Waals surface area contributed by atoms with Gasteiger partial charge in [0.2, 0.25) is 0 Å². The van der Waals surface area contributed by atoms with Crippen LogP contribution >= 0.6 is 0 Å². The summed E-state index contributed by atoms with van der Waals surface area (Å²) in [6.45, 7) is 3.87. The van der Waals surface area contributed by atoms with Crippen molar-refractivity contribution in [1.82, 2.24) is 9.97 Å². The molecule has 0 bridgehead atoms. The molecule has 0 saturated carbocycles. The van der Waals surface area contributed by atoms with Crippen LogP contribution in [-0.2, 0) is 6.42 Å². The molecule has 0 radical (unpaired) electrons. The van der Waals surface area contributed by atoms with Crippen LogP contribution in [0.15, 0.2) is 30.7 Å². The second-order valence-corrected chi connectivity index (χ2v) is 4.16. The van der Waals surface area contributed by atoms with Gasteiger partial charge in [0.05, 0.1) is 11.8 Å². The lowest BCUT2D eigenvalue weighted by Crippen LogP contribution is -2.07. The zero-order valence-electron chi connectivity index (χ0n) is 10.8. The zero-order chi connectivity index (χ0) is 13.8. The van der Waals surface area contributed by atoms with Crippen molar-refractivity contribution in [3.8, 4) is 0 Å². The van der Waals surface area contributed by atoms with E-state index in [9.17, 15) is 9.90 Å². The van der Waals surface area contributed by atoms with Gasteiger partial charge in [-0.15, -0.1) is 0 Å². The Morgan fingerprint density at radius 3 is 2.74 bits per heavy atom. The second-order valence-electron chi connectivity index (χ2n) is 4.16. The summed E-state index contributed by atoms with van der Waals surface area (Å²) < 4.78 is 0. The number of hydrogen-bond donors (Lipinski definition) is 2. The van der Waals surface area contributed by atoms with Gasteiger partial charge in [-0.3, -0.25) is 4.98 Å². The van der Waals surface area contributed by atoms with Crippen molar-refractivity contribution in [3.63, 3.8) is 0 Å². The number of rotatable bonds is 4. The highest BCUT2D eigenvalue weighted by Crippen LogP contribution is 2.27. The third-order valence-corrected chi connectivity index (χ3v) is 2.92. The van der Waals surface area contributed by atoms with Gasteiger partial charge in [0, 0.05) is 18.1 Å². The number of aromatic carboxylic acids is 1. The molecule has 2 rings (SSSR count). The summed E-state index contributed by atoms with van der Waals surface area (Å²) in [7, 11) is 0. The lowest BCUT2D eigenvalue weighted by molar-refractivity contribution is 0.0696. The first kappa shape index (κ1) is 13.0. The average molecular weight is 257 g/mol. The SMILES string of the molecule is CCc1c(C(=O)O)ccc(C)c1Nc1cnccn1. The first-order chi connectivity index (χ1) is 9.13. The minimum atomic E-state index is -0.918. The molecule has 1 aromatic carbocycles. The molecule has 0 saturated heterocycles. The number of aromatic nitrogens is 2. The van der Waals surface area contributed by atoms with Crippen LogP contribution in [0.5, 0.6) is 0 Å². The Morgan fingerprint density at radius 1 is 1.37 bits per heavy atom. The predicted octanol–water partition coefficient (Wildman–Crippen LogP) is 2.79. The van der Waals surface area contributed by atoms with Gasteiger partial charge >= 0.3 is 5.97 Å². The molecular formula is C14H15N3O2. The smallest absolute Gasteiger partial charge is 0.336 e. The fourth-order valence-electron chi connectivity index (χ4n) is 2.00. The highest BCUT2D eigenvalue weighted by Gasteiger charge is 2.15. The largest absolute Gasteiger partial charge is 0.478 e. The molecule has 0 amide bonds. The normalized spacial score (nSPS) is 10.2. The molecule has 0 fully saturated rings. The molecular weight excluding hydrogens is 242 g/mol. The van der Waals surface area contributed by atoms with Crippen LogP contribution in [0.4, 0.5) is 11.5 Å². The lowest BCUT2D eigenvalue weighted by Gasteiger charge is -2.15. The summed E-state index contributed by atoms with van der Waals surface area (Å²) >= 11 is 0. The fraction of sp³-hybridized carbons (Fsp3) is 0.214. The molecule has 0 aliphatic carbocycles. The summed E-state index contributed by atoms with van der Waals surface area (Å²) in [5.74, 6) is -0.318. The predicted molar refractivity (Wildman–Crippen MR) is 72.8 cm³/mol. The summed E-state index contributed by atoms with van der Waals surface area (Å²) in [5, 5.41) is 12.4. The van der Waals surface area contributed by atoms with Gasteiger partial charge in [-0.1, -0.05) is 13.0 Å². The molecule has 0 spiro atoms. The Labute approximate surface area is 111 Å². The van der Waals surface area contributed by atoms with Gasteiger partial charge in [0.15, 0.2) is 0 Å². The molecule has 98 valence electrons. The summed E-state index contributed by atoms with van der Waals surface area (Å²) in [5.41, 5.74) is 2.87. The van der Waals surface area contributed by atoms with Crippen LogP contribution in [0.1, 0.15) is 28.4 Å². The maximum absolute atomic E-state index is 11.2. The number of hydrogen-bond acceptors (Lipinski definition) is 4. The topological polar surface area (TPSA) is 75.1 Å². The van der Waals surface area contributed by atoms with Crippen molar-refractivity contribution in [3.05, 3.63) is 47.4 Å². The van der Waals surface area contributed by atoms with E-state index in [1.165, 1.54) is 0 Å². The van der Waals surface area contributed by atoms with Gasteiger partial charge in [0.25, 0.3) is 0 Å². The number of benzene rings is 1. The van der Waals surface area contributed by atoms with Crippen molar-refractivity contribution in [2.45, 2.75) is 20.3 Å². The fourth-order valence-corrected chi connectivity index (χ4v) is 2.00. The first-order valence-electron chi connectivity index (χ1n) is 6.02. The van der Waals surface area contributed by atoms with E-state index < -0.39 is 5.97 Å². The van der Waals surface area contributed by atoms with Crippen LogP contribution in [0, 0.1) is 6.92 Å². The number of anilines is 2. The molecule has 19 heavy (non-hydrogen) atoms. The van der Waals surface area contributed by atoms with Crippen LogP contribution in [-0.4, -0.2) is 21.0 Å². The first-order valence-corrected chi connectivity index (χ1v) is 6.02. The molecule has 0 atom stereocenters. The van der Waals surface area contributed by atoms with Gasteiger partial charge in [-0.05, 0) is 30.5 Å². The highest BCUT2D eigenvalue weighted by molar-refractivity contribution is 5.92. The van der Waals surface area contributed by atoms with Crippen molar-refractivity contribution in [2.24, 2.45) is 0 Å². The van der Waals surface area contributed by atoms with Gasteiger partial charge in [-0.25, -0.2) is 9.78 Å². The summed E-state index contributed by atoms with van der Waals surface area (Å²) in [4.78, 5) is 19.4. The van der Waals surface area contributed by atoms with Crippen LogP contribution in [0.3, 0.4) is 0 Å². The Bertz CT molecular complexity index is 597. The Kier molecular flexibility index (Phi) is 3.75. The van der Waals surface area contributed by atoms with E-state index >= 15 is 0 Å². The number of aryl methyl sites for hydroxylation is 1. The highest BCUT2D eigenvalue weighted by atomic mass is 16.4. The molecule has 1 aromatic heterocycles. The maximum atomic E-state index is 11.2. The molecule has 2 aromatic rings. The average Bonchev–Trinajstić information content (AvgIpc) is 2.41. The zero-order valence-corrected chi connectivity index (χ0v) is 10.8.